The summed E-state index contributed by atoms with van der Waals surface area (Å²) in [5, 5.41) is 6.00. The number of para-hydroxylation sites is 2. The second kappa shape index (κ2) is 9.48. The zero-order valence-corrected chi connectivity index (χ0v) is 20.1. The van der Waals surface area contributed by atoms with Crippen LogP contribution in [0.2, 0.25) is 0 Å². The number of anilines is 2. The van der Waals surface area contributed by atoms with Crippen molar-refractivity contribution in [1.82, 2.24) is 9.55 Å². The van der Waals surface area contributed by atoms with Crippen LogP contribution in [0.3, 0.4) is 0 Å². The van der Waals surface area contributed by atoms with Gasteiger partial charge in [0.1, 0.15) is 17.1 Å². The van der Waals surface area contributed by atoms with Crippen LogP contribution < -0.4 is 20.9 Å². The van der Waals surface area contributed by atoms with E-state index in [1.807, 2.05) is 32.0 Å². The summed E-state index contributed by atoms with van der Waals surface area (Å²) in [5.41, 5.74) is 3.44. The molecule has 2 aromatic heterocycles. The molecule has 0 aliphatic heterocycles. The standard InChI is InChI=1S/C25H24N4O4S/c1-14-9-10-17(15(2)11-14)28-23(31)22-16(3)21-24(34-22)26-13-29(25(21)32)12-20(30)27-18-7-5-6-8-19(18)33-4/h5-11,13H,12H2,1-4H3,(H,27,30)(H,28,31). The zero-order chi connectivity index (χ0) is 24.4. The summed E-state index contributed by atoms with van der Waals surface area (Å²) in [6.45, 7) is 5.41. The second-order valence-corrected chi connectivity index (χ2v) is 8.93. The van der Waals surface area contributed by atoms with Crippen molar-refractivity contribution in [1.29, 1.82) is 0 Å². The molecule has 0 aliphatic carbocycles. The van der Waals surface area contributed by atoms with Gasteiger partial charge in [-0.1, -0.05) is 29.8 Å². The van der Waals surface area contributed by atoms with Crippen molar-refractivity contribution in [3.63, 3.8) is 0 Å². The molecule has 0 saturated carbocycles. The number of carbonyl (C=O) groups is 2. The summed E-state index contributed by atoms with van der Waals surface area (Å²) in [7, 11) is 1.51. The largest absolute Gasteiger partial charge is 0.495 e. The van der Waals surface area contributed by atoms with Gasteiger partial charge in [-0.3, -0.25) is 19.0 Å². The fraction of sp³-hybridized carbons (Fsp3) is 0.200. The van der Waals surface area contributed by atoms with Gasteiger partial charge in [0.05, 0.1) is 29.4 Å². The highest BCUT2D eigenvalue weighted by molar-refractivity contribution is 7.20. The number of nitrogens with zero attached hydrogens (tertiary/aromatic N) is 2. The molecule has 174 valence electrons. The molecule has 0 saturated heterocycles. The zero-order valence-electron chi connectivity index (χ0n) is 19.3. The molecule has 0 bridgehead atoms. The number of hydrogen-bond acceptors (Lipinski definition) is 6. The van der Waals surface area contributed by atoms with E-state index in [2.05, 4.69) is 15.6 Å². The Labute approximate surface area is 200 Å². The maximum atomic E-state index is 13.1. The molecule has 0 spiro atoms. The predicted molar refractivity (Wildman–Crippen MR) is 134 cm³/mol. The van der Waals surface area contributed by atoms with Crippen LogP contribution in [0.25, 0.3) is 10.2 Å². The number of nitrogens with one attached hydrogen (secondary N) is 2. The number of benzene rings is 2. The van der Waals surface area contributed by atoms with Gasteiger partial charge in [0.25, 0.3) is 11.5 Å². The fourth-order valence-electron chi connectivity index (χ4n) is 3.71. The summed E-state index contributed by atoms with van der Waals surface area (Å²) in [5.74, 6) is -0.175. The average Bonchev–Trinajstić information content (AvgIpc) is 3.15. The smallest absolute Gasteiger partial charge is 0.266 e. The number of fused-ring (bicyclic) bond motifs is 1. The van der Waals surface area contributed by atoms with E-state index in [4.69, 9.17) is 4.74 Å². The number of aromatic nitrogens is 2. The molecule has 0 radical (unpaired) electrons. The molecule has 8 nitrogen and oxygen atoms in total. The van der Waals surface area contributed by atoms with Crippen molar-refractivity contribution in [2.45, 2.75) is 27.3 Å². The van der Waals surface area contributed by atoms with Crippen molar-refractivity contribution in [3.8, 4) is 5.75 Å². The number of aryl methyl sites for hydroxylation is 3. The Balaban J connectivity index is 1.59. The topological polar surface area (TPSA) is 102 Å². The van der Waals surface area contributed by atoms with E-state index in [1.54, 1.807) is 31.2 Å². The maximum absolute atomic E-state index is 13.1. The third-order valence-corrected chi connectivity index (χ3v) is 6.65. The number of hydrogen-bond donors (Lipinski definition) is 2. The summed E-state index contributed by atoms with van der Waals surface area (Å²) < 4.78 is 6.48. The summed E-state index contributed by atoms with van der Waals surface area (Å²) in [6.07, 6.45) is 1.33. The molecule has 2 aromatic carbocycles. The van der Waals surface area contributed by atoms with Gasteiger partial charge < -0.3 is 15.4 Å². The first-order chi connectivity index (χ1) is 16.3. The minimum atomic E-state index is -0.395. The van der Waals surface area contributed by atoms with Crippen molar-refractivity contribution < 1.29 is 14.3 Å². The van der Waals surface area contributed by atoms with Gasteiger partial charge in [-0.25, -0.2) is 4.98 Å². The molecule has 2 N–H and O–H groups in total. The van der Waals surface area contributed by atoms with Gasteiger partial charge in [0.2, 0.25) is 5.91 Å². The molecule has 4 aromatic rings. The first kappa shape index (κ1) is 23.2. The quantitative estimate of drug-likeness (QED) is 0.432. The number of thiophene rings is 1. The van der Waals surface area contributed by atoms with Crippen molar-refractivity contribution in [2.24, 2.45) is 0 Å². The number of ether oxygens (including phenoxy) is 1. The Kier molecular flexibility index (Phi) is 6.47. The second-order valence-electron chi connectivity index (χ2n) is 7.93. The molecule has 0 unspecified atom stereocenters. The van der Waals surface area contributed by atoms with Gasteiger partial charge in [-0.2, -0.15) is 0 Å². The Morgan fingerprint density at radius 3 is 2.56 bits per heavy atom. The molecule has 9 heteroatoms. The molecule has 0 fully saturated rings. The molecule has 0 atom stereocenters. The first-order valence-electron chi connectivity index (χ1n) is 10.6. The average molecular weight is 477 g/mol. The van der Waals surface area contributed by atoms with E-state index in [0.717, 1.165) is 22.5 Å². The lowest BCUT2D eigenvalue weighted by Crippen LogP contribution is -2.28. The molecule has 0 aliphatic rings. The summed E-state index contributed by atoms with van der Waals surface area (Å²) in [4.78, 5) is 43.9. The Morgan fingerprint density at radius 1 is 1.06 bits per heavy atom. The lowest BCUT2D eigenvalue weighted by molar-refractivity contribution is -0.116. The summed E-state index contributed by atoms with van der Waals surface area (Å²) in [6, 6.07) is 12.8. The van der Waals surface area contributed by atoms with E-state index in [0.29, 0.717) is 37.8 Å². The van der Waals surface area contributed by atoms with Gasteiger partial charge in [-0.05, 0) is 50.1 Å². The number of methoxy groups -OCH3 is 1. The highest BCUT2D eigenvalue weighted by atomic mass is 32.1. The lowest BCUT2D eigenvalue weighted by Gasteiger charge is -2.10. The number of rotatable bonds is 6. The van der Waals surface area contributed by atoms with E-state index in [-0.39, 0.29) is 18.0 Å². The number of carbonyl (C=O) groups excluding carboxylic acids is 2. The first-order valence-corrected chi connectivity index (χ1v) is 11.4. The lowest BCUT2D eigenvalue weighted by atomic mass is 10.1. The minimum Gasteiger partial charge on any atom is -0.495 e. The Hall–Kier alpha value is -3.98. The minimum absolute atomic E-state index is 0.223. The maximum Gasteiger partial charge on any atom is 0.266 e. The summed E-state index contributed by atoms with van der Waals surface area (Å²) >= 11 is 1.16. The molecule has 2 heterocycles. The van der Waals surface area contributed by atoms with Gasteiger partial charge >= 0.3 is 0 Å². The van der Waals surface area contributed by atoms with Crippen molar-refractivity contribution in [2.75, 3.05) is 17.7 Å². The van der Waals surface area contributed by atoms with Crippen LogP contribution in [0.1, 0.15) is 26.4 Å². The monoisotopic (exact) mass is 476 g/mol. The highest BCUT2D eigenvalue weighted by Gasteiger charge is 2.21. The predicted octanol–water partition coefficient (Wildman–Crippen LogP) is 4.28. The van der Waals surface area contributed by atoms with Crippen LogP contribution in [0, 0.1) is 20.8 Å². The van der Waals surface area contributed by atoms with Crippen LogP contribution in [-0.2, 0) is 11.3 Å². The van der Waals surface area contributed by atoms with Crippen LogP contribution in [0.4, 0.5) is 11.4 Å². The Bertz CT molecular complexity index is 1470. The van der Waals surface area contributed by atoms with Crippen molar-refractivity contribution >= 4 is 44.7 Å². The van der Waals surface area contributed by atoms with Crippen LogP contribution >= 0.6 is 11.3 Å². The normalized spacial score (nSPS) is 10.8. The van der Waals surface area contributed by atoms with E-state index >= 15 is 0 Å². The molecule has 2 amide bonds. The van der Waals surface area contributed by atoms with Crippen molar-refractivity contribution in [3.05, 3.63) is 80.7 Å². The molecule has 34 heavy (non-hydrogen) atoms. The van der Waals surface area contributed by atoms with Gasteiger partial charge in [0, 0.05) is 5.69 Å². The molecular weight excluding hydrogens is 452 g/mol. The van der Waals surface area contributed by atoms with Gasteiger partial charge in [-0.15, -0.1) is 11.3 Å². The molecular formula is C25H24N4O4S. The van der Waals surface area contributed by atoms with E-state index in [9.17, 15) is 14.4 Å². The van der Waals surface area contributed by atoms with Crippen LogP contribution in [0.15, 0.2) is 53.6 Å². The third-order valence-electron chi connectivity index (χ3n) is 5.45. The third kappa shape index (κ3) is 4.55. The van der Waals surface area contributed by atoms with Gasteiger partial charge in [0.15, 0.2) is 0 Å². The van der Waals surface area contributed by atoms with Crippen LogP contribution in [-0.4, -0.2) is 28.5 Å². The SMILES string of the molecule is COc1ccccc1NC(=O)Cn1cnc2sc(C(=O)Nc3ccc(C)cc3C)c(C)c2c1=O. The van der Waals surface area contributed by atoms with E-state index in [1.165, 1.54) is 18.0 Å². The van der Waals surface area contributed by atoms with E-state index < -0.39 is 5.91 Å². The molecule has 4 rings (SSSR count). The number of amides is 2. The highest BCUT2D eigenvalue weighted by Crippen LogP contribution is 2.28. The Morgan fingerprint density at radius 2 is 1.82 bits per heavy atom. The fourth-order valence-corrected chi connectivity index (χ4v) is 4.75. The van der Waals surface area contributed by atoms with Crippen LogP contribution in [0.5, 0.6) is 5.75 Å².